The lowest BCUT2D eigenvalue weighted by atomic mass is 9.88. The molecule has 6 heteroatoms. The van der Waals surface area contributed by atoms with Crippen LogP contribution in [0, 0.1) is 11.8 Å². The third-order valence-electron chi connectivity index (χ3n) is 5.43. The summed E-state index contributed by atoms with van der Waals surface area (Å²) >= 11 is 0. The number of unbranched alkanes of at least 4 members (excludes halogenated alkanes) is 2. The van der Waals surface area contributed by atoms with Gasteiger partial charge in [0.25, 0.3) is 0 Å². The predicted octanol–water partition coefficient (Wildman–Crippen LogP) is 3.06. The molecule has 164 valence electrons. The van der Waals surface area contributed by atoms with E-state index in [1.165, 1.54) is 0 Å². The first kappa shape index (κ1) is 24.0. The van der Waals surface area contributed by atoms with Crippen LogP contribution in [0.25, 0.3) is 0 Å². The molecular weight excluding hydrogens is 384 g/mol. The Balaban J connectivity index is 1.88. The van der Waals surface area contributed by atoms with Gasteiger partial charge in [-0.05, 0) is 30.4 Å². The number of methoxy groups -OCH3 is 1. The maximum atomic E-state index is 12.3. The van der Waals surface area contributed by atoms with Crippen molar-refractivity contribution in [2.75, 3.05) is 7.11 Å². The minimum atomic E-state index is -0.960. The van der Waals surface area contributed by atoms with Gasteiger partial charge in [0.15, 0.2) is 0 Å². The molecule has 4 atom stereocenters. The van der Waals surface area contributed by atoms with Gasteiger partial charge in [-0.3, -0.25) is 4.79 Å². The number of rotatable bonds is 12. The average Bonchev–Trinajstić information content (AvgIpc) is 2.95. The molecule has 0 aliphatic heterocycles. The molecule has 6 nitrogen and oxygen atoms in total. The second-order valence-corrected chi connectivity index (χ2v) is 7.86. The molecule has 1 aromatic carbocycles. The normalized spacial score (nSPS) is 22.9. The van der Waals surface area contributed by atoms with Crippen LogP contribution in [0.4, 0.5) is 0 Å². The van der Waals surface area contributed by atoms with Gasteiger partial charge in [0.1, 0.15) is 5.78 Å². The predicted molar refractivity (Wildman–Crippen MR) is 114 cm³/mol. The number of aliphatic carboxylic acids is 1. The highest BCUT2D eigenvalue weighted by molar-refractivity contribution is 5.84. The molecule has 1 aliphatic carbocycles. The summed E-state index contributed by atoms with van der Waals surface area (Å²) in [5, 5.41) is 29.3. The average molecular weight is 417 g/mol. The number of ketones is 1. The Morgan fingerprint density at radius 1 is 1.30 bits per heavy atom. The number of Topliss-reactive ketones (excluding diaryl/α,β-unsaturated/α-hetero) is 1. The van der Waals surface area contributed by atoms with E-state index in [2.05, 4.69) is 0 Å². The van der Waals surface area contributed by atoms with Crippen LogP contribution in [-0.2, 0) is 27.4 Å². The van der Waals surface area contributed by atoms with Crippen LogP contribution < -0.4 is 0 Å². The Labute approximate surface area is 177 Å². The molecule has 3 N–H and O–H groups in total. The first-order valence-electron chi connectivity index (χ1n) is 10.4. The molecule has 0 spiro atoms. The van der Waals surface area contributed by atoms with E-state index in [0.717, 1.165) is 30.0 Å². The number of hydrogen-bond acceptors (Lipinski definition) is 5. The summed E-state index contributed by atoms with van der Waals surface area (Å²) in [6.45, 7) is 0.518. The van der Waals surface area contributed by atoms with Crippen LogP contribution in [0.2, 0.25) is 0 Å². The van der Waals surface area contributed by atoms with Crippen molar-refractivity contribution >= 4 is 11.8 Å². The number of aliphatic hydroxyl groups excluding tert-OH is 2. The fraction of sp³-hybridized carbons (Fsp3) is 0.500. The Hall–Kier alpha value is -2.28. The lowest BCUT2D eigenvalue weighted by Crippen LogP contribution is -2.19. The number of carboxylic acid groups (broad SMARTS) is 1. The van der Waals surface area contributed by atoms with Gasteiger partial charge in [-0.15, -0.1) is 0 Å². The van der Waals surface area contributed by atoms with E-state index < -0.39 is 18.2 Å². The summed E-state index contributed by atoms with van der Waals surface area (Å²) in [5.74, 6) is -1.45. The first-order chi connectivity index (χ1) is 14.4. The van der Waals surface area contributed by atoms with Crippen molar-refractivity contribution in [2.45, 2.75) is 57.3 Å². The van der Waals surface area contributed by atoms with Crippen molar-refractivity contribution in [3.05, 3.63) is 59.7 Å². The molecule has 1 fully saturated rings. The van der Waals surface area contributed by atoms with Gasteiger partial charge in [0.05, 0.1) is 18.8 Å². The Bertz CT molecular complexity index is 754. The van der Waals surface area contributed by atoms with Crippen molar-refractivity contribution in [2.24, 2.45) is 11.8 Å². The zero-order valence-corrected chi connectivity index (χ0v) is 17.4. The summed E-state index contributed by atoms with van der Waals surface area (Å²) in [6.07, 6.45) is 8.26. The molecule has 0 aromatic heterocycles. The highest BCUT2D eigenvalue weighted by atomic mass is 16.5. The van der Waals surface area contributed by atoms with Crippen molar-refractivity contribution < 1.29 is 29.6 Å². The molecular formula is C24H32O6. The third kappa shape index (κ3) is 7.86. The van der Waals surface area contributed by atoms with E-state index in [0.29, 0.717) is 25.9 Å². The monoisotopic (exact) mass is 416 g/mol. The maximum Gasteiger partial charge on any atom is 0.327 e. The second-order valence-electron chi connectivity index (χ2n) is 7.86. The quantitative estimate of drug-likeness (QED) is 0.275. The molecule has 0 unspecified atom stereocenters. The number of carbonyl (C=O) groups excluding carboxylic acids is 1. The van der Waals surface area contributed by atoms with E-state index >= 15 is 0 Å². The van der Waals surface area contributed by atoms with Gasteiger partial charge in [0, 0.05) is 37.9 Å². The molecule has 1 saturated carbocycles. The number of ether oxygens (including phenoxy) is 1. The molecule has 0 amide bonds. The maximum absolute atomic E-state index is 12.3. The van der Waals surface area contributed by atoms with E-state index in [9.17, 15) is 19.8 Å². The standard InChI is InChI=1S/C24H32O6/c1-30-16-18-8-6-7-17(13-18)14-19(25)11-12-21-20(22(26)15-23(21)27)9-4-2-3-5-10-24(28)29/h5-8,10-13,19-21,23,25,27H,2-4,9,14-16H2,1H3,(H,28,29)/t19-,20+,21+,23+/m0/s1. The van der Waals surface area contributed by atoms with Crippen molar-refractivity contribution in [1.29, 1.82) is 0 Å². The minimum absolute atomic E-state index is 0.0555. The summed E-state index contributed by atoms with van der Waals surface area (Å²) in [4.78, 5) is 22.7. The van der Waals surface area contributed by atoms with Crippen LogP contribution in [0.15, 0.2) is 48.6 Å². The molecule has 2 rings (SSSR count). The molecule has 0 heterocycles. The number of allylic oxidation sites excluding steroid dienone is 1. The highest BCUT2D eigenvalue weighted by Gasteiger charge is 2.39. The largest absolute Gasteiger partial charge is 0.478 e. The van der Waals surface area contributed by atoms with E-state index in [4.69, 9.17) is 9.84 Å². The number of carbonyl (C=O) groups is 2. The Morgan fingerprint density at radius 2 is 2.07 bits per heavy atom. The Kier molecular flexibility index (Phi) is 9.94. The number of aliphatic hydroxyl groups is 2. The number of carboxylic acids is 1. The van der Waals surface area contributed by atoms with Crippen LogP contribution in [0.1, 0.15) is 43.2 Å². The lowest BCUT2D eigenvalue weighted by Gasteiger charge is -2.18. The topological polar surface area (TPSA) is 104 Å². The fourth-order valence-electron chi connectivity index (χ4n) is 3.98. The zero-order valence-electron chi connectivity index (χ0n) is 17.4. The summed E-state index contributed by atoms with van der Waals surface area (Å²) in [6, 6.07) is 7.85. The van der Waals surface area contributed by atoms with Crippen LogP contribution in [0.5, 0.6) is 0 Å². The van der Waals surface area contributed by atoms with Crippen LogP contribution >= 0.6 is 0 Å². The highest BCUT2D eigenvalue weighted by Crippen LogP contribution is 2.34. The van der Waals surface area contributed by atoms with Gasteiger partial charge >= 0.3 is 5.97 Å². The van der Waals surface area contributed by atoms with Crippen molar-refractivity contribution in [3.8, 4) is 0 Å². The molecule has 0 saturated heterocycles. The van der Waals surface area contributed by atoms with Gasteiger partial charge in [-0.1, -0.05) is 48.9 Å². The SMILES string of the molecule is COCc1cccc(C[C@@H](O)C=C[C@H]2[C@H](O)CC(=O)[C@@H]2CCCCC=CC(=O)O)c1. The smallest absolute Gasteiger partial charge is 0.327 e. The second kappa shape index (κ2) is 12.4. The summed E-state index contributed by atoms with van der Waals surface area (Å²) in [5.41, 5.74) is 2.04. The third-order valence-corrected chi connectivity index (χ3v) is 5.43. The van der Waals surface area contributed by atoms with Crippen molar-refractivity contribution in [3.63, 3.8) is 0 Å². The van der Waals surface area contributed by atoms with Crippen LogP contribution in [-0.4, -0.2) is 46.4 Å². The van der Waals surface area contributed by atoms with E-state index in [-0.39, 0.29) is 24.0 Å². The van der Waals surface area contributed by atoms with Gasteiger partial charge in [-0.25, -0.2) is 4.79 Å². The molecule has 30 heavy (non-hydrogen) atoms. The van der Waals surface area contributed by atoms with E-state index in [1.54, 1.807) is 25.3 Å². The molecule has 1 aliphatic rings. The molecule has 0 radical (unpaired) electrons. The van der Waals surface area contributed by atoms with Crippen LogP contribution in [0.3, 0.4) is 0 Å². The van der Waals surface area contributed by atoms with Gasteiger partial charge in [0.2, 0.25) is 0 Å². The van der Waals surface area contributed by atoms with Gasteiger partial charge in [-0.2, -0.15) is 0 Å². The summed E-state index contributed by atoms with van der Waals surface area (Å²) in [7, 11) is 1.64. The summed E-state index contributed by atoms with van der Waals surface area (Å²) < 4.78 is 5.13. The fourth-order valence-corrected chi connectivity index (χ4v) is 3.98. The minimum Gasteiger partial charge on any atom is -0.478 e. The lowest BCUT2D eigenvalue weighted by molar-refractivity contribution is -0.131. The molecule has 1 aromatic rings. The number of hydrogen-bond donors (Lipinski definition) is 3. The molecule has 0 bridgehead atoms. The van der Waals surface area contributed by atoms with E-state index in [1.807, 2.05) is 24.3 Å². The Morgan fingerprint density at radius 3 is 2.80 bits per heavy atom. The number of benzene rings is 1. The first-order valence-corrected chi connectivity index (χ1v) is 10.4. The van der Waals surface area contributed by atoms with Crippen molar-refractivity contribution in [1.82, 2.24) is 0 Å². The van der Waals surface area contributed by atoms with Gasteiger partial charge < -0.3 is 20.1 Å². The zero-order chi connectivity index (χ0) is 21.9.